The molecule has 16 heavy (non-hydrogen) atoms. The zero-order chi connectivity index (χ0) is 11.5. The van der Waals surface area contributed by atoms with Crippen molar-refractivity contribution in [1.29, 1.82) is 0 Å². The Balaban J connectivity index is 1.92. The van der Waals surface area contributed by atoms with Crippen LogP contribution < -0.4 is 10.6 Å². The van der Waals surface area contributed by atoms with Gasteiger partial charge in [-0.2, -0.15) is 0 Å². The highest BCUT2D eigenvalue weighted by Crippen LogP contribution is 2.16. The summed E-state index contributed by atoms with van der Waals surface area (Å²) < 4.78 is 2.03. The van der Waals surface area contributed by atoms with Crippen molar-refractivity contribution in [3.63, 3.8) is 0 Å². The molecule has 1 aliphatic heterocycles. The second kappa shape index (κ2) is 4.57. The summed E-state index contributed by atoms with van der Waals surface area (Å²) in [7, 11) is 2.01. The molecule has 5 heteroatoms. The third-order valence-corrected chi connectivity index (χ3v) is 2.99. The quantitative estimate of drug-likeness (QED) is 0.743. The van der Waals surface area contributed by atoms with Crippen LogP contribution in [-0.4, -0.2) is 48.1 Å². The molecule has 0 spiro atoms. The number of carbonyl (C=O) groups excluding carboxylic acids is 1. The minimum absolute atomic E-state index is 0.0488. The maximum absolute atomic E-state index is 11.4. The molecule has 1 fully saturated rings. The lowest BCUT2D eigenvalue weighted by Gasteiger charge is -2.35. The zero-order valence-electron chi connectivity index (χ0n) is 9.59. The van der Waals surface area contributed by atoms with E-state index in [1.165, 1.54) is 5.69 Å². The molecule has 0 unspecified atom stereocenters. The lowest BCUT2D eigenvalue weighted by molar-refractivity contribution is -0.129. The summed E-state index contributed by atoms with van der Waals surface area (Å²) in [6, 6.07) is 2.10. The van der Waals surface area contributed by atoms with Gasteiger partial charge in [0.15, 0.2) is 0 Å². The number of rotatable bonds is 2. The van der Waals surface area contributed by atoms with Crippen LogP contribution in [0.5, 0.6) is 0 Å². The van der Waals surface area contributed by atoms with Crippen molar-refractivity contribution in [3.05, 3.63) is 18.5 Å². The Hall–Kier alpha value is -1.49. The number of piperazine rings is 1. The topological polar surface area (TPSA) is 54.5 Å². The van der Waals surface area contributed by atoms with Crippen LogP contribution >= 0.6 is 0 Å². The summed E-state index contributed by atoms with van der Waals surface area (Å²) >= 11 is 0. The van der Waals surface area contributed by atoms with Crippen LogP contribution in [0.3, 0.4) is 0 Å². The van der Waals surface area contributed by atoms with Crippen molar-refractivity contribution in [1.82, 2.24) is 9.47 Å². The lowest BCUT2D eigenvalue weighted by Crippen LogP contribution is -2.50. The summed E-state index contributed by atoms with van der Waals surface area (Å²) in [5.41, 5.74) is 6.57. The van der Waals surface area contributed by atoms with Crippen molar-refractivity contribution in [2.75, 3.05) is 37.6 Å². The lowest BCUT2D eigenvalue weighted by atomic mass is 10.3. The zero-order valence-corrected chi connectivity index (χ0v) is 9.59. The number of carbonyl (C=O) groups is 1. The van der Waals surface area contributed by atoms with Gasteiger partial charge in [-0.1, -0.05) is 0 Å². The Labute approximate surface area is 95.4 Å². The van der Waals surface area contributed by atoms with Gasteiger partial charge in [0.05, 0.1) is 12.2 Å². The largest absolute Gasteiger partial charge is 0.367 e. The Morgan fingerprint density at radius 3 is 2.56 bits per heavy atom. The van der Waals surface area contributed by atoms with E-state index in [-0.39, 0.29) is 12.5 Å². The molecular weight excluding hydrogens is 204 g/mol. The number of aryl methyl sites for hydroxylation is 1. The molecule has 1 aromatic heterocycles. The van der Waals surface area contributed by atoms with Crippen LogP contribution in [0.2, 0.25) is 0 Å². The molecule has 0 aromatic carbocycles. The summed E-state index contributed by atoms with van der Waals surface area (Å²) in [5, 5.41) is 0. The van der Waals surface area contributed by atoms with Crippen LogP contribution in [0.4, 0.5) is 5.69 Å². The highest BCUT2D eigenvalue weighted by atomic mass is 16.2. The highest BCUT2D eigenvalue weighted by Gasteiger charge is 2.20. The van der Waals surface area contributed by atoms with Gasteiger partial charge in [-0.25, -0.2) is 0 Å². The SMILES string of the molecule is Cn1ccc(N2CCN(C(=O)CN)CC2)c1. The predicted molar refractivity (Wildman–Crippen MR) is 63.3 cm³/mol. The van der Waals surface area contributed by atoms with Gasteiger partial charge in [-0.05, 0) is 6.07 Å². The number of hydrogen-bond donors (Lipinski definition) is 1. The van der Waals surface area contributed by atoms with Crippen LogP contribution in [-0.2, 0) is 11.8 Å². The molecule has 0 saturated carbocycles. The molecule has 1 saturated heterocycles. The molecular formula is C11H18N4O. The molecule has 0 atom stereocenters. The fourth-order valence-corrected chi connectivity index (χ4v) is 2.02. The Morgan fingerprint density at radius 2 is 2.06 bits per heavy atom. The monoisotopic (exact) mass is 222 g/mol. The third kappa shape index (κ3) is 2.19. The van der Waals surface area contributed by atoms with Crippen molar-refractivity contribution in [2.24, 2.45) is 12.8 Å². The van der Waals surface area contributed by atoms with Gasteiger partial charge in [0.25, 0.3) is 0 Å². The Bertz CT molecular complexity index is 366. The number of amides is 1. The third-order valence-electron chi connectivity index (χ3n) is 2.99. The van der Waals surface area contributed by atoms with Crippen molar-refractivity contribution in [3.8, 4) is 0 Å². The molecule has 0 aliphatic carbocycles. The average molecular weight is 222 g/mol. The van der Waals surface area contributed by atoms with Gasteiger partial charge in [0, 0.05) is 45.6 Å². The highest BCUT2D eigenvalue weighted by molar-refractivity contribution is 5.78. The maximum atomic E-state index is 11.4. The molecule has 2 rings (SSSR count). The van der Waals surface area contributed by atoms with E-state index in [0.29, 0.717) is 0 Å². The summed E-state index contributed by atoms with van der Waals surface area (Å²) in [6.07, 6.45) is 4.13. The molecule has 1 aromatic rings. The van der Waals surface area contributed by atoms with E-state index in [1.54, 1.807) is 0 Å². The average Bonchev–Trinajstić information content (AvgIpc) is 2.75. The second-order valence-electron chi connectivity index (χ2n) is 4.11. The first-order valence-electron chi connectivity index (χ1n) is 5.55. The van der Waals surface area contributed by atoms with E-state index in [1.807, 2.05) is 22.7 Å². The first kappa shape index (κ1) is 11.0. The molecule has 1 amide bonds. The molecule has 2 heterocycles. The van der Waals surface area contributed by atoms with Gasteiger partial charge in [0.1, 0.15) is 0 Å². The van der Waals surface area contributed by atoms with E-state index in [4.69, 9.17) is 5.73 Å². The normalized spacial score (nSPS) is 16.6. The maximum Gasteiger partial charge on any atom is 0.236 e. The number of nitrogens with zero attached hydrogens (tertiary/aromatic N) is 3. The van der Waals surface area contributed by atoms with Gasteiger partial charge >= 0.3 is 0 Å². The van der Waals surface area contributed by atoms with Gasteiger partial charge in [-0.3, -0.25) is 4.79 Å². The van der Waals surface area contributed by atoms with Gasteiger partial charge in [0.2, 0.25) is 5.91 Å². The molecule has 1 aliphatic rings. The number of nitrogens with two attached hydrogens (primary N) is 1. The fourth-order valence-electron chi connectivity index (χ4n) is 2.02. The summed E-state index contributed by atoms with van der Waals surface area (Å²) in [5.74, 6) is 0.0488. The van der Waals surface area contributed by atoms with E-state index in [9.17, 15) is 4.79 Å². The first-order valence-corrected chi connectivity index (χ1v) is 5.55. The molecule has 88 valence electrons. The number of hydrogen-bond acceptors (Lipinski definition) is 3. The van der Waals surface area contributed by atoms with Crippen molar-refractivity contribution in [2.45, 2.75) is 0 Å². The molecule has 5 nitrogen and oxygen atoms in total. The van der Waals surface area contributed by atoms with Crippen LogP contribution in [0, 0.1) is 0 Å². The van der Waals surface area contributed by atoms with Gasteiger partial charge in [-0.15, -0.1) is 0 Å². The smallest absolute Gasteiger partial charge is 0.236 e. The summed E-state index contributed by atoms with van der Waals surface area (Å²) in [4.78, 5) is 15.5. The minimum atomic E-state index is 0.0488. The first-order chi connectivity index (χ1) is 7.70. The standard InChI is InChI=1S/C11H18N4O/c1-13-3-2-10(9-13)14-4-6-15(7-5-14)11(16)8-12/h2-3,9H,4-8,12H2,1H3. The van der Waals surface area contributed by atoms with E-state index >= 15 is 0 Å². The second-order valence-corrected chi connectivity index (χ2v) is 4.11. The minimum Gasteiger partial charge on any atom is -0.367 e. The van der Waals surface area contributed by atoms with Crippen LogP contribution in [0.25, 0.3) is 0 Å². The van der Waals surface area contributed by atoms with Crippen molar-refractivity contribution >= 4 is 11.6 Å². The van der Waals surface area contributed by atoms with Crippen molar-refractivity contribution < 1.29 is 4.79 Å². The number of aromatic nitrogens is 1. The molecule has 0 bridgehead atoms. The summed E-state index contributed by atoms with van der Waals surface area (Å²) in [6.45, 7) is 3.42. The van der Waals surface area contributed by atoms with Gasteiger partial charge < -0.3 is 20.1 Å². The Morgan fingerprint density at radius 1 is 1.38 bits per heavy atom. The van der Waals surface area contributed by atoms with E-state index < -0.39 is 0 Å². The van der Waals surface area contributed by atoms with Crippen LogP contribution in [0.1, 0.15) is 0 Å². The Kier molecular flexibility index (Phi) is 3.14. The molecule has 2 N–H and O–H groups in total. The number of anilines is 1. The fraction of sp³-hybridized carbons (Fsp3) is 0.545. The van der Waals surface area contributed by atoms with E-state index in [2.05, 4.69) is 17.2 Å². The van der Waals surface area contributed by atoms with Crippen LogP contribution in [0.15, 0.2) is 18.5 Å². The van der Waals surface area contributed by atoms with E-state index in [0.717, 1.165) is 26.2 Å². The predicted octanol–water partition coefficient (Wildman–Crippen LogP) is -0.368. The molecule has 0 radical (unpaired) electrons.